The van der Waals surface area contributed by atoms with Gasteiger partial charge in [0.2, 0.25) is 9.04 Å². The molecule has 0 aliphatic rings. The van der Waals surface area contributed by atoms with Gasteiger partial charge in [0, 0.05) is 6.61 Å². The van der Waals surface area contributed by atoms with Gasteiger partial charge in [0.1, 0.15) is 5.75 Å². The van der Waals surface area contributed by atoms with Crippen molar-refractivity contribution in [2.75, 3.05) is 6.61 Å². The Morgan fingerprint density at radius 3 is 2.44 bits per heavy atom. The van der Waals surface area contributed by atoms with E-state index >= 15 is 0 Å². The lowest BCUT2D eigenvalue weighted by Gasteiger charge is -2.23. The van der Waals surface area contributed by atoms with Crippen LogP contribution in [0.1, 0.15) is 13.3 Å². The summed E-state index contributed by atoms with van der Waals surface area (Å²) < 4.78 is 20.8. The number of hydrogen-bond acceptors (Lipinski definition) is 5. The van der Waals surface area contributed by atoms with Crippen molar-refractivity contribution >= 4 is 18.1 Å². The molecule has 0 saturated heterocycles. The van der Waals surface area contributed by atoms with E-state index in [1.165, 1.54) is 0 Å². The quantitative estimate of drug-likeness (QED) is 0.449. The van der Waals surface area contributed by atoms with Gasteiger partial charge in [0.15, 0.2) is 0 Å². The molecule has 0 amide bonds. The lowest BCUT2D eigenvalue weighted by atomic mass is 10.3. The number of para-hydroxylation sites is 1. The van der Waals surface area contributed by atoms with Gasteiger partial charge in [0.25, 0.3) is 0 Å². The van der Waals surface area contributed by atoms with Crippen LogP contribution < -0.4 is 4.43 Å². The summed E-state index contributed by atoms with van der Waals surface area (Å²) in [4.78, 5) is 10.2. The molecule has 0 aliphatic heterocycles. The molecule has 1 aromatic carbocycles. The van der Waals surface area contributed by atoms with Crippen LogP contribution in [0.15, 0.2) is 30.3 Å². The summed E-state index contributed by atoms with van der Waals surface area (Å²) >= 11 is 0. The predicted molar refractivity (Wildman–Crippen MR) is 72.3 cm³/mol. The highest BCUT2D eigenvalue weighted by molar-refractivity contribution is 6.54. The Kier molecular flexibility index (Phi) is 6.54. The van der Waals surface area contributed by atoms with Crippen LogP contribution >= 0.6 is 0 Å². The second kappa shape index (κ2) is 7.67. The van der Waals surface area contributed by atoms with Crippen LogP contribution in [0.25, 0.3) is 0 Å². The molecule has 1 N–H and O–H groups in total. The van der Waals surface area contributed by atoms with Crippen LogP contribution in [0.4, 0.5) is 0 Å². The molecular weight excluding hydrogens is 268 g/mol. The molecule has 0 radical (unpaired) electrons. The van der Waals surface area contributed by atoms with Gasteiger partial charge in [-0.25, -0.2) is 0 Å². The van der Waals surface area contributed by atoms with Crippen molar-refractivity contribution in [3.05, 3.63) is 30.3 Å². The van der Waals surface area contributed by atoms with Crippen LogP contribution in [0.2, 0.25) is 13.1 Å². The molecule has 1 unspecified atom stereocenters. The van der Waals surface area contributed by atoms with Crippen LogP contribution in [0, 0.1) is 0 Å². The van der Waals surface area contributed by atoms with E-state index in [4.69, 9.17) is 18.0 Å². The molecule has 1 rings (SSSR count). The first-order valence-electron chi connectivity index (χ1n) is 6.00. The maximum atomic E-state index is 10.2. The third-order valence-electron chi connectivity index (χ3n) is 1.82. The van der Waals surface area contributed by atoms with Crippen molar-refractivity contribution in [1.82, 2.24) is 0 Å². The monoisotopic (exact) mass is 288 g/mol. The lowest BCUT2D eigenvalue weighted by molar-refractivity contribution is -0.186. The maximum Gasteiger partial charge on any atom is 0.774 e. The fraction of sp³-hybridized carbons (Fsp3) is 0.455. The smallest absolute Gasteiger partial charge is 0.479 e. The van der Waals surface area contributed by atoms with Crippen LogP contribution in [-0.2, 0) is 13.6 Å². The fourth-order valence-electron chi connectivity index (χ4n) is 1.10. The van der Waals surface area contributed by atoms with Crippen molar-refractivity contribution in [3.8, 4) is 5.75 Å². The Morgan fingerprint density at radius 2 is 1.89 bits per heavy atom. The zero-order valence-corrected chi connectivity index (χ0v) is 13.1. The highest BCUT2D eigenvalue weighted by Crippen LogP contribution is 2.16. The van der Waals surface area contributed by atoms with E-state index in [1.54, 1.807) is 12.1 Å². The number of hydrogen-bond donors (Lipinski definition) is 1. The van der Waals surface area contributed by atoms with E-state index in [1.807, 2.05) is 38.2 Å². The molecule has 0 aliphatic carbocycles. The SMILES string of the molecule is CCCO[Si](O)(OO[SiH](C)C)Oc1ccccc1. The summed E-state index contributed by atoms with van der Waals surface area (Å²) in [6, 6.07) is 8.93. The molecule has 0 fully saturated rings. The highest BCUT2D eigenvalue weighted by atomic mass is 28.4. The standard InChI is InChI=1S/C11H20O5Si2/c1-4-10-13-18(12,16-15-17(2)3)14-11-8-6-5-7-9-11/h5-9,12,17H,4,10H2,1-3H3. The first-order chi connectivity index (χ1) is 8.56. The van der Waals surface area contributed by atoms with Crippen molar-refractivity contribution in [2.45, 2.75) is 26.4 Å². The van der Waals surface area contributed by atoms with Gasteiger partial charge in [-0.2, -0.15) is 4.58 Å². The van der Waals surface area contributed by atoms with E-state index < -0.39 is 18.1 Å². The Morgan fingerprint density at radius 1 is 1.22 bits per heavy atom. The average molecular weight is 288 g/mol. The third kappa shape index (κ3) is 5.76. The average Bonchev–Trinajstić information content (AvgIpc) is 2.35. The molecule has 0 bridgehead atoms. The van der Waals surface area contributed by atoms with Crippen molar-refractivity contribution in [1.29, 1.82) is 0 Å². The summed E-state index contributed by atoms with van der Waals surface area (Å²) in [5.41, 5.74) is 0. The third-order valence-corrected chi connectivity index (χ3v) is 3.87. The number of benzene rings is 1. The van der Waals surface area contributed by atoms with Crippen molar-refractivity contribution < 1.29 is 22.8 Å². The van der Waals surface area contributed by atoms with Gasteiger partial charge >= 0.3 is 9.05 Å². The van der Waals surface area contributed by atoms with E-state index in [0.29, 0.717) is 12.4 Å². The highest BCUT2D eigenvalue weighted by Gasteiger charge is 2.46. The summed E-state index contributed by atoms with van der Waals surface area (Å²) in [6.07, 6.45) is 0.760. The minimum atomic E-state index is -3.76. The molecule has 0 spiro atoms. The van der Waals surface area contributed by atoms with Crippen LogP contribution in [0.5, 0.6) is 5.75 Å². The topological polar surface area (TPSA) is 57.2 Å². The van der Waals surface area contributed by atoms with E-state index in [9.17, 15) is 4.80 Å². The Bertz CT molecular complexity index is 335. The molecule has 0 aromatic heterocycles. The zero-order valence-electron chi connectivity index (χ0n) is 11.0. The van der Waals surface area contributed by atoms with Crippen molar-refractivity contribution in [3.63, 3.8) is 0 Å². The second-order valence-electron chi connectivity index (χ2n) is 4.02. The minimum Gasteiger partial charge on any atom is -0.479 e. The molecule has 0 saturated carbocycles. The second-order valence-corrected chi connectivity index (χ2v) is 8.01. The van der Waals surface area contributed by atoms with Gasteiger partial charge in [-0.05, 0) is 31.6 Å². The number of rotatable bonds is 8. The summed E-state index contributed by atoms with van der Waals surface area (Å²) in [6.45, 7) is 6.16. The Balaban J connectivity index is 2.64. The van der Waals surface area contributed by atoms with Crippen LogP contribution in [-0.4, -0.2) is 29.5 Å². The molecule has 5 nitrogen and oxygen atoms in total. The molecule has 18 heavy (non-hydrogen) atoms. The summed E-state index contributed by atoms with van der Waals surface area (Å²) in [5.74, 6) is 0.497. The fourth-order valence-corrected chi connectivity index (χ4v) is 3.39. The van der Waals surface area contributed by atoms with Gasteiger partial charge in [-0.15, -0.1) is 0 Å². The first kappa shape index (κ1) is 15.4. The van der Waals surface area contributed by atoms with E-state index in [0.717, 1.165) is 6.42 Å². The summed E-state index contributed by atoms with van der Waals surface area (Å²) in [5, 5.41) is 0. The van der Waals surface area contributed by atoms with Gasteiger partial charge in [-0.1, -0.05) is 25.1 Å². The molecule has 7 heteroatoms. The Hall–Kier alpha value is -0.706. The summed E-state index contributed by atoms with van der Waals surface area (Å²) in [7, 11) is -5.18. The lowest BCUT2D eigenvalue weighted by Crippen LogP contribution is -2.50. The molecule has 102 valence electrons. The van der Waals surface area contributed by atoms with Gasteiger partial charge in [-0.3, -0.25) is 4.58 Å². The molecular formula is C11H20O5Si2. The molecule has 1 atom stereocenters. The maximum absolute atomic E-state index is 10.2. The van der Waals surface area contributed by atoms with Gasteiger partial charge in [0.05, 0.1) is 0 Å². The minimum absolute atomic E-state index is 0.360. The normalized spacial score (nSPS) is 14.5. The van der Waals surface area contributed by atoms with Crippen molar-refractivity contribution in [2.24, 2.45) is 0 Å². The molecule has 0 heterocycles. The first-order valence-corrected chi connectivity index (χ1v) is 10.5. The molecule has 1 aromatic rings. The van der Waals surface area contributed by atoms with E-state index in [-0.39, 0.29) is 0 Å². The predicted octanol–water partition coefficient (Wildman–Crippen LogP) is 1.85. The zero-order chi connectivity index (χ0) is 13.4. The van der Waals surface area contributed by atoms with Crippen LogP contribution in [0.3, 0.4) is 0 Å². The largest absolute Gasteiger partial charge is 0.774 e. The Labute approximate surface area is 110 Å². The van der Waals surface area contributed by atoms with Gasteiger partial charge < -0.3 is 13.6 Å². The van der Waals surface area contributed by atoms with E-state index in [2.05, 4.69) is 0 Å².